The number of rotatable bonds is 3. The summed E-state index contributed by atoms with van der Waals surface area (Å²) in [5.74, 6) is 0. The lowest BCUT2D eigenvalue weighted by Gasteiger charge is -2.13. The molecule has 0 saturated heterocycles. The fourth-order valence-corrected chi connectivity index (χ4v) is 2.13. The maximum Gasteiger partial charge on any atom is 0.0850 e. The Morgan fingerprint density at radius 3 is 2.76 bits per heavy atom. The summed E-state index contributed by atoms with van der Waals surface area (Å²) in [5.41, 5.74) is 8.16. The van der Waals surface area contributed by atoms with Gasteiger partial charge in [0.25, 0.3) is 0 Å². The van der Waals surface area contributed by atoms with Crippen LogP contribution in [0, 0.1) is 0 Å². The molecule has 4 heteroatoms. The van der Waals surface area contributed by atoms with Crippen LogP contribution in [0.3, 0.4) is 0 Å². The van der Waals surface area contributed by atoms with Crippen LogP contribution >= 0.6 is 15.9 Å². The topological polar surface area (TPSA) is 59.1 Å². The van der Waals surface area contributed by atoms with Crippen LogP contribution < -0.4 is 5.73 Å². The van der Waals surface area contributed by atoms with E-state index in [0.717, 1.165) is 15.6 Å². The van der Waals surface area contributed by atoms with Gasteiger partial charge in [0.1, 0.15) is 0 Å². The molecule has 0 aliphatic heterocycles. The quantitative estimate of drug-likeness (QED) is 0.855. The molecule has 88 valence electrons. The molecule has 1 atom stereocenters. The molecule has 3 N–H and O–H groups in total. The lowest BCUT2D eigenvalue weighted by molar-refractivity contribution is 0.179. The van der Waals surface area contributed by atoms with Crippen LogP contribution in [-0.4, -0.2) is 10.1 Å². The number of nitrogens with two attached hydrogens (primary N) is 1. The van der Waals surface area contributed by atoms with Crippen molar-refractivity contribution in [1.82, 2.24) is 4.98 Å². The summed E-state index contributed by atoms with van der Waals surface area (Å²) in [6, 6.07) is 9.29. The Labute approximate surface area is 108 Å². The van der Waals surface area contributed by atoms with Crippen molar-refractivity contribution in [2.45, 2.75) is 12.5 Å². The van der Waals surface area contributed by atoms with Crippen molar-refractivity contribution in [3.63, 3.8) is 0 Å². The van der Waals surface area contributed by atoms with Gasteiger partial charge in [-0.05, 0) is 33.6 Å². The Kier molecular flexibility index (Phi) is 3.76. The molecule has 0 saturated carbocycles. The zero-order valence-electron chi connectivity index (χ0n) is 9.18. The summed E-state index contributed by atoms with van der Waals surface area (Å²) in [4.78, 5) is 4.06. The molecular formula is C13H13BrN2O. The average molecular weight is 293 g/mol. The van der Waals surface area contributed by atoms with Crippen LogP contribution in [0.5, 0.6) is 0 Å². The van der Waals surface area contributed by atoms with Gasteiger partial charge in [-0.25, -0.2) is 0 Å². The van der Waals surface area contributed by atoms with E-state index in [1.807, 2.05) is 24.3 Å². The third-order valence-corrected chi connectivity index (χ3v) is 2.98. The molecule has 0 amide bonds. The molecule has 2 aromatic rings. The molecule has 2 rings (SSSR count). The summed E-state index contributed by atoms with van der Waals surface area (Å²) in [6.45, 7) is 0. The Balaban J connectivity index is 2.17. The first-order chi connectivity index (χ1) is 8.16. The number of nitrogens with zero attached hydrogens (tertiary/aromatic N) is 1. The highest BCUT2D eigenvalue weighted by atomic mass is 79.9. The Morgan fingerprint density at radius 2 is 2.06 bits per heavy atom. The molecule has 1 aromatic carbocycles. The smallest absolute Gasteiger partial charge is 0.0850 e. The standard InChI is InChI=1S/C13H13BrN2O/c14-10-5-9(7-16-8-10)6-13(17)11-3-1-2-4-12(11)15/h1-5,7-8,13,17H,6,15H2. The first-order valence-corrected chi connectivity index (χ1v) is 6.08. The minimum atomic E-state index is -0.604. The van der Waals surface area contributed by atoms with Crippen molar-refractivity contribution in [2.75, 3.05) is 5.73 Å². The number of aromatic nitrogens is 1. The van der Waals surface area contributed by atoms with Gasteiger partial charge in [0.15, 0.2) is 0 Å². The number of aliphatic hydroxyl groups excluding tert-OH is 1. The summed E-state index contributed by atoms with van der Waals surface area (Å²) in [6.07, 6.45) is 3.35. The van der Waals surface area contributed by atoms with Crippen LogP contribution in [0.2, 0.25) is 0 Å². The van der Waals surface area contributed by atoms with Gasteiger partial charge in [-0.15, -0.1) is 0 Å². The first kappa shape index (κ1) is 12.1. The number of hydrogen-bond acceptors (Lipinski definition) is 3. The summed E-state index contributed by atoms with van der Waals surface area (Å²) in [5, 5.41) is 10.1. The van der Waals surface area contributed by atoms with Gasteiger partial charge in [0, 0.05) is 34.5 Å². The van der Waals surface area contributed by atoms with E-state index < -0.39 is 6.10 Å². The molecular weight excluding hydrogens is 280 g/mol. The second-order valence-electron chi connectivity index (χ2n) is 3.86. The second-order valence-corrected chi connectivity index (χ2v) is 4.78. The monoisotopic (exact) mass is 292 g/mol. The maximum atomic E-state index is 10.1. The van der Waals surface area contributed by atoms with Crippen LogP contribution in [0.1, 0.15) is 17.2 Å². The number of nitrogen functional groups attached to an aromatic ring is 1. The van der Waals surface area contributed by atoms with Gasteiger partial charge in [0.05, 0.1) is 6.10 Å². The highest BCUT2D eigenvalue weighted by Gasteiger charge is 2.11. The highest BCUT2D eigenvalue weighted by molar-refractivity contribution is 9.10. The molecule has 0 bridgehead atoms. The van der Waals surface area contributed by atoms with Crippen molar-refractivity contribution in [1.29, 1.82) is 0 Å². The molecule has 0 aliphatic carbocycles. The molecule has 3 nitrogen and oxygen atoms in total. The predicted molar refractivity (Wildman–Crippen MR) is 71.5 cm³/mol. The van der Waals surface area contributed by atoms with E-state index in [0.29, 0.717) is 12.1 Å². The van der Waals surface area contributed by atoms with E-state index in [1.54, 1.807) is 18.5 Å². The normalized spacial score (nSPS) is 12.4. The van der Waals surface area contributed by atoms with Crippen molar-refractivity contribution in [3.05, 3.63) is 58.3 Å². The van der Waals surface area contributed by atoms with Crippen molar-refractivity contribution in [3.8, 4) is 0 Å². The lowest BCUT2D eigenvalue weighted by atomic mass is 10.0. The maximum absolute atomic E-state index is 10.1. The van der Waals surface area contributed by atoms with Crippen LogP contribution in [0.4, 0.5) is 5.69 Å². The second kappa shape index (κ2) is 5.29. The van der Waals surface area contributed by atoms with E-state index in [1.165, 1.54) is 0 Å². The van der Waals surface area contributed by atoms with Crippen LogP contribution in [0.25, 0.3) is 0 Å². The van der Waals surface area contributed by atoms with Gasteiger partial charge >= 0.3 is 0 Å². The van der Waals surface area contributed by atoms with E-state index in [4.69, 9.17) is 5.73 Å². The van der Waals surface area contributed by atoms with E-state index >= 15 is 0 Å². The number of pyridine rings is 1. The van der Waals surface area contributed by atoms with Crippen molar-refractivity contribution < 1.29 is 5.11 Å². The molecule has 0 fully saturated rings. The molecule has 1 aromatic heterocycles. The number of aliphatic hydroxyl groups is 1. The highest BCUT2D eigenvalue weighted by Crippen LogP contribution is 2.23. The third-order valence-electron chi connectivity index (χ3n) is 2.55. The molecule has 1 unspecified atom stereocenters. The van der Waals surface area contributed by atoms with Gasteiger partial charge < -0.3 is 10.8 Å². The van der Waals surface area contributed by atoms with E-state index in [9.17, 15) is 5.11 Å². The Bertz CT molecular complexity index is 516. The average Bonchev–Trinajstić information content (AvgIpc) is 2.29. The van der Waals surface area contributed by atoms with Crippen LogP contribution in [0.15, 0.2) is 47.2 Å². The number of benzene rings is 1. The molecule has 0 spiro atoms. The van der Waals surface area contributed by atoms with Gasteiger partial charge in [0.2, 0.25) is 0 Å². The number of halogens is 1. The molecule has 17 heavy (non-hydrogen) atoms. The Morgan fingerprint density at radius 1 is 1.29 bits per heavy atom. The molecule has 0 aliphatic rings. The summed E-state index contributed by atoms with van der Waals surface area (Å²) >= 11 is 3.35. The van der Waals surface area contributed by atoms with E-state index in [-0.39, 0.29) is 0 Å². The summed E-state index contributed by atoms with van der Waals surface area (Å²) in [7, 11) is 0. The predicted octanol–water partition coefficient (Wildman–Crippen LogP) is 2.70. The Hall–Kier alpha value is -1.39. The van der Waals surface area contributed by atoms with E-state index in [2.05, 4.69) is 20.9 Å². The van der Waals surface area contributed by atoms with Crippen molar-refractivity contribution in [2.24, 2.45) is 0 Å². The minimum absolute atomic E-state index is 0.501. The van der Waals surface area contributed by atoms with Gasteiger partial charge in [-0.3, -0.25) is 4.98 Å². The molecule has 0 radical (unpaired) electrons. The summed E-state index contributed by atoms with van der Waals surface area (Å²) < 4.78 is 0.906. The zero-order valence-corrected chi connectivity index (χ0v) is 10.8. The van der Waals surface area contributed by atoms with Crippen molar-refractivity contribution >= 4 is 21.6 Å². The van der Waals surface area contributed by atoms with Crippen LogP contribution in [-0.2, 0) is 6.42 Å². The third kappa shape index (κ3) is 3.05. The first-order valence-electron chi connectivity index (χ1n) is 5.28. The number of para-hydroxylation sites is 1. The largest absolute Gasteiger partial charge is 0.398 e. The van der Waals surface area contributed by atoms with Gasteiger partial charge in [-0.1, -0.05) is 18.2 Å². The fourth-order valence-electron chi connectivity index (χ4n) is 1.72. The number of anilines is 1. The SMILES string of the molecule is Nc1ccccc1C(O)Cc1cncc(Br)c1. The fraction of sp³-hybridized carbons (Fsp3) is 0.154. The zero-order chi connectivity index (χ0) is 12.3. The lowest BCUT2D eigenvalue weighted by Crippen LogP contribution is -2.05. The number of hydrogen-bond donors (Lipinski definition) is 2. The minimum Gasteiger partial charge on any atom is -0.398 e. The van der Waals surface area contributed by atoms with Gasteiger partial charge in [-0.2, -0.15) is 0 Å². The molecule has 1 heterocycles.